The largest absolute Gasteiger partial charge is 0.478 e. The Kier molecular flexibility index (Phi) is 4.09. The monoisotopic (exact) mass is 300 g/mol. The van der Waals surface area contributed by atoms with Crippen molar-refractivity contribution in [1.29, 1.82) is 0 Å². The van der Waals surface area contributed by atoms with Crippen LogP contribution in [0.5, 0.6) is 5.75 Å². The van der Waals surface area contributed by atoms with Gasteiger partial charge >= 0.3 is 0 Å². The Bertz CT molecular complexity index is 667. The summed E-state index contributed by atoms with van der Waals surface area (Å²) in [5.41, 5.74) is 0.627. The Morgan fingerprint density at radius 3 is 2.91 bits per heavy atom. The smallest absolute Gasteiger partial charge is 0.266 e. The molecule has 2 N–H and O–H groups in total. The Labute approximate surface area is 127 Å². The van der Waals surface area contributed by atoms with E-state index in [9.17, 15) is 9.59 Å². The number of furan rings is 1. The molecule has 0 aliphatic carbocycles. The summed E-state index contributed by atoms with van der Waals surface area (Å²) < 4.78 is 10.8. The third-order valence-electron chi connectivity index (χ3n) is 3.35. The van der Waals surface area contributed by atoms with Crippen LogP contribution in [0.15, 0.2) is 47.1 Å². The molecule has 1 aromatic carbocycles. The number of benzene rings is 1. The zero-order valence-electron chi connectivity index (χ0n) is 11.9. The van der Waals surface area contributed by atoms with Gasteiger partial charge in [0.2, 0.25) is 5.91 Å². The van der Waals surface area contributed by atoms with Crippen LogP contribution in [0.2, 0.25) is 0 Å². The first-order valence-electron chi connectivity index (χ1n) is 7.08. The molecule has 0 saturated carbocycles. The van der Waals surface area contributed by atoms with Gasteiger partial charge in [0.05, 0.1) is 18.4 Å². The van der Waals surface area contributed by atoms with Crippen molar-refractivity contribution in [2.75, 3.05) is 11.9 Å². The molecular formula is C16H16N2O4. The molecule has 2 amide bonds. The molecule has 1 unspecified atom stereocenters. The Hall–Kier alpha value is -2.76. The Morgan fingerprint density at radius 1 is 1.23 bits per heavy atom. The molecule has 22 heavy (non-hydrogen) atoms. The van der Waals surface area contributed by atoms with Crippen LogP contribution in [-0.4, -0.2) is 24.5 Å². The van der Waals surface area contributed by atoms with E-state index < -0.39 is 6.10 Å². The molecule has 114 valence electrons. The van der Waals surface area contributed by atoms with Crippen molar-refractivity contribution < 1.29 is 18.7 Å². The van der Waals surface area contributed by atoms with Crippen molar-refractivity contribution in [2.24, 2.45) is 0 Å². The van der Waals surface area contributed by atoms with E-state index >= 15 is 0 Å². The van der Waals surface area contributed by atoms with Crippen molar-refractivity contribution in [1.82, 2.24) is 5.32 Å². The van der Waals surface area contributed by atoms with Gasteiger partial charge in [0.1, 0.15) is 11.5 Å². The van der Waals surface area contributed by atoms with Crippen LogP contribution in [0, 0.1) is 0 Å². The number of rotatable bonds is 5. The minimum absolute atomic E-state index is 0.0156. The summed E-state index contributed by atoms with van der Waals surface area (Å²) in [7, 11) is 0. The molecule has 0 radical (unpaired) electrons. The normalized spacial score (nSPS) is 16.4. The van der Waals surface area contributed by atoms with E-state index in [1.165, 1.54) is 0 Å². The fourth-order valence-electron chi connectivity index (χ4n) is 2.25. The lowest BCUT2D eigenvalue weighted by atomic mass is 10.1. The molecule has 1 atom stereocenters. The van der Waals surface area contributed by atoms with Gasteiger partial charge in [-0.1, -0.05) is 12.1 Å². The fraction of sp³-hybridized carbons (Fsp3) is 0.250. The minimum Gasteiger partial charge on any atom is -0.478 e. The molecule has 1 aliphatic heterocycles. The first kappa shape index (κ1) is 14.2. The number of ether oxygens (including phenoxy) is 1. The highest BCUT2D eigenvalue weighted by Crippen LogP contribution is 2.29. The highest BCUT2D eigenvalue weighted by molar-refractivity contribution is 5.99. The van der Waals surface area contributed by atoms with Gasteiger partial charge in [-0.3, -0.25) is 9.59 Å². The molecule has 0 spiro atoms. The van der Waals surface area contributed by atoms with Gasteiger partial charge in [0.25, 0.3) is 5.91 Å². The number of hydrogen-bond donors (Lipinski definition) is 2. The first-order valence-corrected chi connectivity index (χ1v) is 7.08. The summed E-state index contributed by atoms with van der Waals surface area (Å²) in [6, 6.07) is 10.8. The van der Waals surface area contributed by atoms with Gasteiger partial charge in [-0.25, -0.2) is 0 Å². The highest BCUT2D eigenvalue weighted by Gasteiger charge is 2.29. The maximum atomic E-state index is 11.9. The molecule has 0 bridgehead atoms. The quantitative estimate of drug-likeness (QED) is 0.881. The lowest BCUT2D eigenvalue weighted by molar-refractivity contribution is -0.130. The van der Waals surface area contributed by atoms with Gasteiger partial charge in [0.15, 0.2) is 6.10 Å². The average molecular weight is 300 g/mol. The second-order valence-corrected chi connectivity index (χ2v) is 4.98. The first-order chi connectivity index (χ1) is 10.7. The lowest BCUT2D eigenvalue weighted by Crippen LogP contribution is -2.41. The van der Waals surface area contributed by atoms with Crippen molar-refractivity contribution in [3.63, 3.8) is 0 Å². The second-order valence-electron chi connectivity index (χ2n) is 4.98. The summed E-state index contributed by atoms with van der Waals surface area (Å²) in [5.74, 6) is 0.849. The topological polar surface area (TPSA) is 80.6 Å². The summed E-state index contributed by atoms with van der Waals surface area (Å²) in [5, 5.41) is 5.49. The van der Waals surface area contributed by atoms with Crippen LogP contribution in [0.3, 0.4) is 0 Å². The van der Waals surface area contributed by atoms with E-state index in [4.69, 9.17) is 9.15 Å². The van der Waals surface area contributed by atoms with Crippen LogP contribution in [0.4, 0.5) is 5.69 Å². The molecule has 3 rings (SSSR count). The molecule has 0 saturated heterocycles. The van der Waals surface area contributed by atoms with E-state index in [-0.39, 0.29) is 18.2 Å². The van der Waals surface area contributed by atoms with Crippen molar-refractivity contribution in [2.45, 2.75) is 18.9 Å². The Balaban J connectivity index is 1.50. The molecule has 2 aromatic rings. The standard InChI is InChI=1S/C16H16N2O4/c19-15(17-8-7-11-4-3-9-21-11)10-14-16(20)18-12-5-1-2-6-13(12)22-14/h1-6,9,14H,7-8,10H2,(H,17,19)(H,18,20). The molecule has 1 aliphatic rings. The summed E-state index contributed by atoms with van der Waals surface area (Å²) in [4.78, 5) is 23.8. The second kappa shape index (κ2) is 6.34. The van der Waals surface area contributed by atoms with Crippen LogP contribution in [0.1, 0.15) is 12.2 Å². The maximum Gasteiger partial charge on any atom is 0.266 e. The number of nitrogens with one attached hydrogen (secondary N) is 2. The van der Waals surface area contributed by atoms with Crippen molar-refractivity contribution >= 4 is 17.5 Å². The van der Waals surface area contributed by atoms with Gasteiger partial charge in [-0.15, -0.1) is 0 Å². The van der Waals surface area contributed by atoms with Crippen LogP contribution >= 0.6 is 0 Å². The third kappa shape index (κ3) is 3.28. The molecule has 1 aromatic heterocycles. The predicted octanol–water partition coefficient (Wildman–Crippen LogP) is 1.73. The fourth-order valence-corrected chi connectivity index (χ4v) is 2.25. The number of carbonyl (C=O) groups excluding carboxylic acids is 2. The minimum atomic E-state index is -0.807. The molecule has 6 heteroatoms. The van der Waals surface area contributed by atoms with E-state index in [0.717, 1.165) is 5.76 Å². The van der Waals surface area contributed by atoms with Gasteiger partial charge in [-0.2, -0.15) is 0 Å². The van der Waals surface area contributed by atoms with Crippen LogP contribution < -0.4 is 15.4 Å². The highest BCUT2D eigenvalue weighted by atomic mass is 16.5. The van der Waals surface area contributed by atoms with E-state index in [2.05, 4.69) is 10.6 Å². The van der Waals surface area contributed by atoms with Crippen molar-refractivity contribution in [3.8, 4) is 5.75 Å². The number of carbonyl (C=O) groups is 2. The van der Waals surface area contributed by atoms with E-state index in [1.54, 1.807) is 24.5 Å². The zero-order valence-corrected chi connectivity index (χ0v) is 11.9. The molecule has 0 fully saturated rings. The average Bonchev–Trinajstić information content (AvgIpc) is 3.01. The van der Waals surface area contributed by atoms with Crippen molar-refractivity contribution in [3.05, 3.63) is 48.4 Å². The SMILES string of the molecule is O=C(CC1Oc2ccccc2NC1=O)NCCc1ccco1. The number of anilines is 1. The number of amides is 2. The summed E-state index contributed by atoms with van der Waals surface area (Å²) in [6.45, 7) is 0.456. The van der Waals surface area contributed by atoms with E-state index in [1.807, 2.05) is 18.2 Å². The summed E-state index contributed by atoms with van der Waals surface area (Å²) >= 11 is 0. The third-order valence-corrected chi connectivity index (χ3v) is 3.35. The number of fused-ring (bicyclic) bond motifs is 1. The zero-order chi connectivity index (χ0) is 15.4. The Morgan fingerprint density at radius 2 is 2.09 bits per heavy atom. The van der Waals surface area contributed by atoms with Crippen LogP contribution in [0.25, 0.3) is 0 Å². The summed E-state index contributed by atoms with van der Waals surface area (Å²) in [6.07, 6.45) is 1.38. The predicted molar refractivity (Wildman–Crippen MR) is 79.5 cm³/mol. The number of para-hydroxylation sites is 2. The van der Waals surface area contributed by atoms with E-state index in [0.29, 0.717) is 24.4 Å². The van der Waals surface area contributed by atoms with Gasteiger partial charge < -0.3 is 19.8 Å². The molecule has 6 nitrogen and oxygen atoms in total. The maximum absolute atomic E-state index is 11.9. The molecular weight excluding hydrogens is 284 g/mol. The molecule has 2 heterocycles. The van der Waals surface area contributed by atoms with Gasteiger partial charge in [-0.05, 0) is 24.3 Å². The van der Waals surface area contributed by atoms with Gasteiger partial charge in [0, 0.05) is 13.0 Å². The lowest BCUT2D eigenvalue weighted by Gasteiger charge is -2.25. The van der Waals surface area contributed by atoms with Crippen LogP contribution in [-0.2, 0) is 16.0 Å². The number of hydrogen-bond acceptors (Lipinski definition) is 4.